The summed E-state index contributed by atoms with van der Waals surface area (Å²) in [4.78, 5) is 0. The van der Waals surface area contributed by atoms with Crippen LogP contribution in [0.4, 0.5) is 0 Å². The van der Waals surface area contributed by atoms with Crippen LogP contribution in [0.5, 0.6) is 0 Å². The van der Waals surface area contributed by atoms with Crippen LogP contribution in [-0.4, -0.2) is 0 Å². The third kappa shape index (κ3) is 1.61. The van der Waals surface area contributed by atoms with E-state index < -0.39 is 0 Å². The van der Waals surface area contributed by atoms with Gasteiger partial charge in [-0.15, -0.1) is 47.2 Å². The van der Waals surface area contributed by atoms with Gasteiger partial charge < -0.3 is 0 Å². The third-order valence-electron chi connectivity index (χ3n) is 1.57. The molecule has 0 fully saturated rings. The SMILES string of the molecule is [Co].[c-]1cccc2ccccc12. The minimum Gasteiger partial charge on any atom is -0.147 e. The van der Waals surface area contributed by atoms with Crippen LogP contribution >= 0.6 is 0 Å². The molecule has 0 unspecified atom stereocenters. The fraction of sp³-hybridized carbons (Fsp3) is 0. The molecule has 57 valence electrons. The molecule has 0 nitrogen and oxygen atoms in total. The summed E-state index contributed by atoms with van der Waals surface area (Å²) in [6, 6.07) is 17.4. The van der Waals surface area contributed by atoms with Crippen LogP contribution in [0.15, 0.2) is 42.5 Å². The number of hydrogen-bond donors (Lipinski definition) is 0. The van der Waals surface area contributed by atoms with E-state index in [4.69, 9.17) is 0 Å². The van der Waals surface area contributed by atoms with Crippen LogP contribution in [0.1, 0.15) is 0 Å². The van der Waals surface area contributed by atoms with E-state index >= 15 is 0 Å². The minimum atomic E-state index is 0. The summed E-state index contributed by atoms with van der Waals surface area (Å²) < 4.78 is 0. The number of hydrogen-bond acceptors (Lipinski definition) is 0. The van der Waals surface area contributed by atoms with E-state index in [9.17, 15) is 0 Å². The van der Waals surface area contributed by atoms with Crippen molar-refractivity contribution in [3.8, 4) is 0 Å². The van der Waals surface area contributed by atoms with Gasteiger partial charge in [0, 0.05) is 16.8 Å². The molecule has 0 aliphatic carbocycles. The maximum absolute atomic E-state index is 3.15. The molecule has 1 heteroatoms. The van der Waals surface area contributed by atoms with Crippen molar-refractivity contribution in [3.63, 3.8) is 0 Å². The smallest absolute Gasteiger partial charge is 0 e. The molecule has 11 heavy (non-hydrogen) atoms. The first-order chi connectivity index (χ1) is 4.97. The van der Waals surface area contributed by atoms with Gasteiger partial charge >= 0.3 is 0 Å². The molecule has 0 saturated carbocycles. The molecule has 0 atom stereocenters. The van der Waals surface area contributed by atoms with E-state index in [1.807, 2.05) is 24.3 Å². The molecule has 1 radical (unpaired) electrons. The van der Waals surface area contributed by atoms with Crippen LogP contribution in [-0.2, 0) is 16.8 Å². The average Bonchev–Trinajstić information content (AvgIpc) is 2.05. The van der Waals surface area contributed by atoms with Crippen molar-refractivity contribution in [2.45, 2.75) is 0 Å². The molecule has 0 saturated heterocycles. The van der Waals surface area contributed by atoms with Crippen LogP contribution in [0.3, 0.4) is 0 Å². The Morgan fingerprint density at radius 1 is 0.909 bits per heavy atom. The zero-order chi connectivity index (χ0) is 6.81. The Kier molecular flexibility index (Phi) is 2.68. The molecule has 0 aromatic heterocycles. The quantitative estimate of drug-likeness (QED) is 0.555. The number of fused-ring (bicyclic) bond motifs is 1. The van der Waals surface area contributed by atoms with Crippen LogP contribution in [0.25, 0.3) is 10.8 Å². The van der Waals surface area contributed by atoms with Gasteiger partial charge in [0.2, 0.25) is 0 Å². The Hall–Kier alpha value is -0.794. The van der Waals surface area contributed by atoms with Crippen LogP contribution in [0, 0.1) is 6.07 Å². The molecule has 0 spiro atoms. The molecule has 2 aromatic rings. The van der Waals surface area contributed by atoms with Crippen molar-refractivity contribution in [1.29, 1.82) is 0 Å². The number of rotatable bonds is 0. The topological polar surface area (TPSA) is 0 Å². The largest absolute Gasteiger partial charge is 0.147 e. The second-order valence-electron chi connectivity index (χ2n) is 2.26. The van der Waals surface area contributed by atoms with E-state index in [2.05, 4.69) is 24.3 Å². The summed E-state index contributed by atoms with van der Waals surface area (Å²) in [6.45, 7) is 0. The van der Waals surface area contributed by atoms with Gasteiger partial charge in [-0.2, -0.15) is 0 Å². The Balaban J connectivity index is 0.000000605. The van der Waals surface area contributed by atoms with E-state index in [-0.39, 0.29) is 16.8 Å². The molecule has 0 aliphatic heterocycles. The van der Waals surface area contributed by atoms with Crippen molar-refractivity contribution < 1.29 is 16.8 Å². The van der Waals surface area contributed by atoms with Gasteiger partial charge in [0.15, 0.2) is 0 Å². The van der Waals surface area contributed by atoms with E-state index in [0.717, 1.165) is 0 Å². The first-order valence-electron chi connectivity index (χ1n) is 3.32. The molecule has 0 amide bonds. The standard InChI is InChI=1S/C10H7.Co/c1-2-6-10-8-4-3-7-9(10)5-1;/h1-7H;/q-1;. The fourth-order valence-electron chi connectivity index (χ4n) is 1.06. The van der Waals surface area contributed by atoms with E-state index in [0.29, 0.717) is 0 Å². The van der Waals surface area contributed by atoms with Gasteiger partial charge in [0.1, 0.15) is 0 Å². The normalized spacial score (nSPS) is 9.09. The zero-order valence-corrected chi connectivity index (χ0v) is 6.92. The summed E-state index contributed by atoms with van der Waals surface area (Å²) in [6.07, 6.45) is 0. The van der Waals surface area contributed by atoms with Gasteiger partial charge in [-0.05, 0) is 0 Å². The summed E-state index contributed by atoms with van der Waals surface area (Å²) in [5.41, 5.74) is 0. The predicted molar refractivity (Wildman–Crippen MR) is 42.8 cm³/mol. The molecule has 0 heterocycles. The summed E-state index contributed by atoms with van der Waals surface area (Å²) in [5, 5.41) is 2.44. The third-order valence-corrected chi connectivity index (χ3v) is 1.57. The van der Waals surface area contributed by atoms with E-state index in [1.54, 1.807) is 0 Å². The zero-order valence-electron chi connectivity index (χ0n) is 5.87. The Morgan fingerprint density at radius 2 is 1.64 bits per heavy atom. The van der Waals surface area contributed by atoms with Crippen molar-refractivity contribution in [2.75, 3.05) is 0 Å². The van der Waals surface area contributed by atoms with Crippen LogP contribution in [0.2, 0.25) is 0 Å². The summed E-state index contributed by atoms with van der Waals surface area (Å²) in [5.74, 6) is 0. The maximum Gasteiger partial charge on any atom is 0 e. The minimum absolute atomic E-state index is 0. The molecule has 0 bridgehead atoms. The first kappa shape index (κ1) is 8.30. The summed E-state index contributed by atoms with van der Waals surface area (Å²) in [7, 11) is 0. The number of benzene rings is 2. The van der Waals surface area contributed by atoms with Crippen molar-refractivity contribution >= 4 is 10.8 Å². The Bertz CT molecular complexity index is 276. The monoisotopic (exact) mass is 186 g/mol. The molecule has 2 rings (SSSR count). The van der Waals surface area contributed by atoms with Crippen LogP contribution < -0.4 is 0 Å². The maximum atomic E-state index is 3.15. The van der Waals surface area contributed by atoms with E-state index in [1.165, 1.54) is 10.8 Å². The summed E-state index contributed by atoms with van der Waals surface area (Å²) >= 11 is 0. The average molecular weight is 186 g/mol. The predicted octanol–water partition coefficient (Wildman–Crippen LogP) is 2.64. The van der Waals surface area contributed by atoms with Gasteiger partial charge in [0.05, 0.1) is 0 Å². The molecular weight excluding hydrogens is 179 g/mol. The second-order valence-corrected chi connectivity index (χ2v) is 2.26. The van der Waals surface area contributed by atoms with Crippen molar-refractivity contribution in [1.82, 2.24) is 0 Å². The van der Waals surface area contributed by atoms with Gasteiger partial charge in [0.25, 0.3) is 0 Å². The van der Waals surface area contributed by atoms with Crippen molar-refractivity contribution in [2.24, 2.45) is 0 Å². The van der Waals surface area contributed by atoms with Gasteiger partial charge in [-0.3, -0.25) is 0 Å². The molecule has 0 N–H and O–H groups in total. The molecule has 2 aromatic carbocycles. The molecule has 0 aliphatic rings. The Labute approximate surface area is 76.4 Å². The fourth-order valence-corrected chi connectivity index (χ4v) is 1.06. The Morgan fingerprint density at radius 3 is 2.45 bits per heavy atom. The van der Waals surface area contributed by atoms with Gasteiger partial charge in [-0.25, -0.2) is 0 Å². The van der Waals surface area contributed by atoms with Crippen molar-refractivity contribution in [3.05, 3.63) is 48.5 Å². The van der Waals surface area contributed by atoms with Gasteiger partial charge in [-0.1, -0.05) is 12.1 Å². The molecular formula is C10H7Co-. The first-order valence-corrected chi connectivity index (χ1v) is 3.32. The second kappa shape index (κ2) is 3.55.